The lowest BCUT2D eigenvalue weighted by atomic mass is 9.92. The minimum absolute atomic E-state index is 0.143. The average molecular weight is 244 g/mol. The molecular weight excluding hydrogens is 226 g/mol. The van der Waals surface area contributed by atoms with Crippen molar-refractivity contribution in [1.29, 1.82) is 0 Å². The molecule has 0 aromatic carbocycles. The van der Waals surface area contributed by atoms with Crippen molar-refractivity contribution in [1.82, 2.24) is 9.97 Å². The van der Waals surface area contributed by atoms with Crippen LogP contribution < -0.4 is 11.1 Å². The van der Waals surface area contributed by atoms with Crippen LogP contribution >= 0.6 is 0 Å². The summed E-state index contributed by atoms with van der Waals surface area (Å²) in [7, 11) is 0. The summed E-state index contributed by atoms with van der Waals surface area (Å²) in [5, 5.41) is 2.50. The van der Waals surface area contributed by atoms with E-state index in [1.807, 2.05) is 20.8 Å². The van der Waals surface area contributed by atoms with Gasteiger partial charge in [-0.2, -0.15) is 0 Å². The molecule has 96 valence electrons. The second kappa shape index (κ2) is 4.91. The largest absolute Gasteiger partial charge is 0.348 e. The molecule has 0 bridgehead atoms. The van der Waals surface area contributed by atoms with Crippen molar-refractivity contribution in [2.75, 3.05) is 18.4 Å². The fraction of sp³-hybridized carbons (Fsp3) is 0.636. The molecule has 0 saturated carbocycles. The van der Waals surface area contributed by atoms with E-state index in [2.05, 4.69) is 15.3 Å². The van der Waals surface area contributed by atoms with Crippen LogP contribution in [-0.4, -0.2) is 29.0 Å². The first kappa shape index (κ1) is 13.8. The Bertz CT molecular complexity index is 374. The van der Waals surface area contributed by atoms with Gasteiger partial charge in [0.25, 0.3) is 5.92 Å². The Labute approximate surface area is 99.6 Å². The lowest BCUT2D eigenvalue weighted by Gasteiger charge is -2.19. The number of nitrogens with two attached hydrogens (primary N) is 1. The summed E-state index contributed by atoms with van der Waals surface area (Å²) in [5.74, 6) is -2.74. The van der Waals surface area contributed by atoms with Crippen molar-refractivity contribution in [3.05, 3.63) is 18.0 Å². The molecule has 1 heterocycles. The van der Waals surface area contributed by atoms with Gasteiger partial charge in [-0.25, -0.2) is 18.7 Å². The highest BCUT2D eigenvalue weighted by molar-refractivity contribution is 5.27. The molecule has 17 heavy (non-hydrogen) atoms. The maximum atomic E-state index is 12.9. The number of nitrogens with zero attached hydrogens (tertiary/aromatic N) is 2. The van der Waals surface area contributed by atoms with Crippen LogP contribution in [0, 0.1) is 0 Å². The summed E-state index contributed by atoms with van der Waals surface area (Å²) in [6.07, 6.45) is 1.55. The van der Waals surface area contributed by atoms with E-state index >= 15 is 0 Å². The van der Waals surface area contributed by atoms with E-state index in [0.717, 1.165) is 5.69 Å². The van der Waals surface area contributed by atoms with Crippen molar-refractivity contribution in [3.63, 3.8) is 0 Å². The monoisotopic (exact) mass is 244 g/mol. The number of alkyl halides is 2. The minimum Gasteiger partial charge on any atom is -0.348 e. The molecule has 0 unspecified atom stereocenters. The summed E-state index contributed by atoms with van der Waals surface area (Å²) in [6, 6.07) is 1.77. The number of anilines is 1. The highest BCUT2D eigenvalue weighted by Gasteiger charge is 2.26. The molecule has 1 rings (SSSR count). The minimum atomic E-state index is -2.94. The van der Waals surface area contributed by atoms with Gasteiger partial charge in [0.1, 0.15) is 0 Å². The van der Waals surface area contributed by atoms with Crippen LogP contribution in [0.25, 0.3) is 0 Å². The van der Waals surface area contributed by atoms with Crippen LogP contribution in [0.2, 0.25) is 0 Å². The van der Waals surface area contributed by atoms with Crippen molar-refractivity contribution in [3.8, 4) is 0 Å². The van der Waals surface area contributed by atoms with Gasteiger partial charge < -0.3 is 11.1 Å². The van der Waals surface area contributed by atoms with Gasteiger partial charge in [-0.15, -0.1) is 0 Å². The molecular formula is C11H18F2N4. The summed E-state index contributed by atoms with van der Waals surface area (Å²) < 4.78 is 25.9. The predicted molar refractivity (Wildman–Crippen MR) is 63.2 cm³/mol. The normalized spacial score (nSPS) is 12.6. The number of hydrogen-bond acceptors (Lipinski definition) is 4. The van der Waals surface area contributed by atoms with E-state index in [0.29, 0.717) is 0 Å². The van der Waals surface area contributed by atoms with Gasteiger partial charge in [0.15, 0.2) is 0 Å². The van der Waals surface area contributed by atoms with Gasteiger partial charge in [-0.05, 0) is 6.07 Å². The second-order valence-corrected chi connectivity index (χ2v) is 4.93. The van der Waals surface area contributed by atoms with Gasteiger partial charge in [-0.1, -0.05) is 20.8 Å². The Kier molecular flexibility index (Phi) is 3.98. The molecule has 0 fully saturated rings. The molecule has 0 aliphatic rings. The number of nitrogens with one attached hydrogen (secondary N) is 1. The predicted octanol–water partition coefficient (Wildman–Crippen LogP) is 1.78. The Hall–Kier alpha value is -1.30. The molecule has 1 aromatic rings. The maximum absolute atomic E-state index is 12.9. The lowest BCUT2D eigenvalue weighted by molar-refractivity contribution is 0.0252. The Morgan fingerprint density at radius 1 is 1.35 bits per heavy atom. The second-order valence-electron chi connectivity index (χ2n) is 4.93. The summed E-state index contributed by atoms with van der Waals surface area (Å²) in [4.78, 5) is 8.08. The first-order valence-electron chi connectivity index (χ1n) is 5.40. The molecule has 4 nitrogen and oxygen atoms in total. The number of hydrogen-bond donors (Lipinski definition) is 2. The molecule has 0 radical (unpaired) electrons. The van der Waals surface area contributed by atoms with E-state index in [1.165, 1.54) is 0 Å². The van der Waals surface area contributed by atoms with Crippen molar-refractivity contribution >= 4 is 5.95 Å². The van der Waals surface area contributed by atoms with Gasteiger partial charge in [-0.3, -0.25) is 0 Å². The van der Waals surface area contributed by atoms with Crippen LogP contribution in [0.3, 0.4) is 0 Å². The molecule has 1 aromatic heterocycles. The fourth-order valence-corrected chi connectivity index (χ4v) is 1.14. The van der Waals surface area contributed by atoms with Crippen molar-refractivity contribution in [2.45, 2.75) is 32.1 Å². The van der Waals surface area contributed by atoms with Crippen LogP contribution in [0.4, 0.5) is 14.7 Å². The topological polar surface area (TPSA) is 63.8 Å². The fourth-order valence-electron chi connectivity index (χ4n) is 1.14. The highest BCUT2D eigenvalue weighted by atomic mass is 19.3. The molecule has 6 heteroatoms. The van der Waals surface area contributed by atoms with Gasteiger partial charge in [0.2, 0.25) is 5.95 Å². The van der Waals surface area contributed by atoms with Gasteiger partial charge in [0.05, 0.1) is 18.8 Å². The smallest absolute Gasteiger partial charge is 0.277 e. The molecule has 3 N–H and O–H groups in total. The quantitative estimate of drug-likeness (QED) is 0.847. The van der Waals surface area contributed by atoms with E-state index in [1.54, 1.807) is 12.3 Å². The third-order valence-corrected chi connectivity index (χ3v) is 2.23. The van der Waals surface area contributed by atoms with Gasteiger partial charge in [0, 0.05) is 11.6 Å². The third kappa shape index (κ3) is 4.22. The standard InChI is InChI=1S/C11H18F2N4/c1-10(2,3)8-4-5-15-9(17-8)16-7-11(12,13)6-14/h4-5H,6-7,14H2,1-3H3,(H,15,16,17). The Balaban J connectivity index is 2.74. The zero-order chi connectivity index (χ0) is 13.1. The summed E-state index contributed by atoms with van der Waals surface area (Å²) in [5.41, 5.74) is 5.59. The molecule has 0 aliphatic carbocycles. The van der Waals surface area contributed by atoms with Crippen LogP contribution in [-0.2, 0) is 5.41 Å². The molecule has 0 spiro atoms. The SMILES string of the molecule is CC(C)(C)c1ccnc(NCC(F)(F)CN)n1. The highest BCUT2D eigenvalue weighted by Crippen LogP contribution is 2.20. The zero-order valence-corrected chi connectivity index (χ0v) is 10.3. The number of aromatic nitrogens is 2. The molecule has 0 saturated heterocycles. The molecule has 0 amide bonds. The number of halogens is 2. The van der Waals surface area contributed by atoms with Gasteiger partial charge >= 0.3 is 0 Å². The van der Waals surface area contributed by atoms with E-state index < -0.39 is 19.0 Å². The first-order chi connectivity index (χ1) is 7.74. The van der Waals surface area contributed by atoms with E-state index in [-0.39, 0.29) is 11.4 Å². The Morgan fingerprint density at radius 2 is 2.00 bits per heavy atom. The lowest BCUT2D eigenvalue weighted by Crippen LogP contribution is -2.35. The van der Waals surface area contributed by atoms with E-state index in [4.69, 9.17) is 5.73 Å². The number of rotatable bonds is 4. The molecule has 0 aliphatic heterocycles. The maximum Gasteiger partial charge on any atom is 0.277 e. The van der Waals surface area contributed by atoms with Crippen LogP contribution in [0.5, 0.6) is 0 Å². The van der Waals surface area contributed by atoms with Crippen LogP contribution in [0.1, 0.15) is 26.5 Å². The zero-order valence-electron chi connectivity index (χ0n) is 10.3. The van der Waals surface area contributed by atoms with Crippen molar-refractivity contribution in [2.24, 2.45) is 5.73 Å². The van der Waals surface area contributed by atoms with Crippen LogP contribution in [0.15, 0.2) is 12.3 Å². The average Bonchev–Trinajstić information content (AvgIpc) is 2.26. The Morgan fingerprint density at radius 3 is 2.53 bits per heavy atom. The third-order valence-electron chi connectivity index (χ3n) is 2.23. The first-order valence-corrected chi connectivity index (χ1v) is 5.40. The molecule has 0 atom stereocenters. The van der Waals surface area contributed by atoms with E-state index in [9.17, 15) is 8.78 Å². The van der Waals surface area contributed by atoms with Crippen molar-refractivity contribution < 1.29 is 8.78 Å². The summed E-state index contributed by atoms with van der Waals surface area (Å²) in [6.45, 7) is 4.73. The summed E-state index contributed by atoms with van der Waals surface area (Å²) >= 11 is 0.